The third-order valence-electron chi connectivity index (χ3n) is 6.46. The van der Waals surface area contributed by atoms with E-state index in [4.69, 9.17) is 20.9 Å². The number of hydrogen-bond donors (Lipinski definition) is 4. The highest BCUT2D eigenvalue weighted by Crippen LogP contribution is 2.20. The Morgan fingerprint density at radius 1 is 0.690 bits per heavy atom. The molecule has 2 aromatic carbocycles. The Labute approximate surface area is 246 Å². The second kappa shape index (κ2) is 16.4. The summed E-state index contributed by atoms with van der Waals surface area (Å²) in [6, 6.07) is 15.1. The van der Waals surface area contributed by atoms with Gasteiger partial charge in [-0.3, -0.25) is 14.4 Å². The van der Waals surface area contributed by atoms with Gasteiger partial charge in [0.15, 0.2) is 22.9 Å². The molecule has 2 rings (SSSR count). The van der Waals surface area contributed by atoms with Gasteiger partial charge in [-0.25, -0.2) is 9.59 Å². The van der Waals surface area contributed by atoms with Crippen LogP contribution in [0, 0.1) is 11.8 Å². The predicted molar refractivity (Wildman–Crippen MR) is 157 cm³/mol. The molecule has 0 unspecified atom stereocenters. The summed E-state index contributed by atoms with van der Waals surface area (Å²) in [4.78, 5) is 66.3. The zero-order valence-electron chi connectivity index (χ0n) is 24.6. The van der Waals surface area contributed by atoms with E-state index in [0.29, 0.717) is 0 Å². The standard InChI is InChI=1S/C31H42N4O7/c1-20(2)15-24(34-29(39)41-18-22-11-7-5-8-12-22)27(37)31(33,26(36)17-32)28(38)25(16-21(3)4)35-30(40)42-19-23-13-9-6-10-14-23/h5-14,20-21,24-25H,15-19,32-33H2,1-4H3,(H,34,39)(H,35,40)/t24-,25-/m0/s1. The molecule has 2 atom stereocenters. The maximum atomic E-state index is 13.9. The van der Waals surface area contributed by atoms with Crippen LogP contribution in [-0.4, -0.2) is 53.7 Å². The van der Waals surface area contributed by atoms with E-state index >= 15 is 0 Å². The monoisotopic (exact) mass is 582 g/mol. The number of nitrogens with two attached hydrogens (primary N) is 2. The van der Waals surface area contributed by atoms with Crippen LogP contribution in [0.1, 0.15) is 51.7 Å². The topological polar surface area (TPSA) is 180 Å². The summed E-state index contributed by atoms with van der Waals surface area (Å²) in [6.45, 7) is 6.36. The van der Waals surface area contributed by atoms with Crippen molar-refractivity contribution in [2.45, 2.75) is 71.4 Å². The molecule has 0 saturated carbocycles. The molecule has 0 saturated heterocycles. The van der Waals surface area contributed by atoms with Gasteiger partial charge in [-0.2, -0.15) is 0 Å². The highest BCUT2D eigenvalue weighted by molar-refractivity contribution is 6.32. The third kappa shape index (κ3) is 10.1. The summed E-state index contributed by atoms with van der Waals surface area (Å²) in [5.74, 6) is -3.40. The van der Waals surface area contributed by atoms with Crippen LogP contribution >= 0.6 is 0 Å². The lowest BCUT2D eigenvalue weighted by Crippen LogP contribution is -2.71. The van der Waals surface area contributed by atoms with Gasteiger partial charge in [0.1, 0.15) is 13.2 Å². The van der Waals surface area contributed by atoms with Gasteiger partial charge in [-0.05, 0) is 35.8 Å². The molecular weight excluding hydrogens is 540 g/mol. The van der Waals surface area contributed by atoms with Crippen LogP contribution in [0.4, 0.5) is 9.59 Å². The lowest BCUT2D eigenvalue weighted by molar-refractivity contribution is -0.144. The van der Waals surface area contributed by atoms with Crippen molar-refractivity contribution in [2.75, 3.05) is 6.54 Å². The summed E-state index contributed by atoms with van der Waals surface area (Å²) < 4.78 is 10.5. The summed E-state index contributed by atoms with van der Waals surface area (Å²) in [5.41, 5.74) is 10.7. The first-order valence-corrected chi connectivity index (χ1v) is 13.9. The SMILES string of the molecule is CC(C)C[C@H](NC(=O)OCc1ccccc1)C(=O)C(N)(C(=O)CN)C(=O)[C@H](CC(C)C)NC(=O)OCc1ccccc1. The predicted octanol–water partition coefficient (Wildman–Crippen LogP) is 3.03. The summed E-state index contributed by atoms with van der Waals surface area (Å²) in [6.07, 6.45) is -1.72. The summed E-state index contributed by atoms with van der Waals surface area (Å²) >= 11 is 0. The lowest BCUT2D eigenvalue weighted by atomic mass is 9.76. The molecule has 42 heavy (non-hydrogen) atoms. The number of carbonyl (C=O) groups is 5. The molecule has 0 spiro atoms. The van der Waals surface area contributed by atoms with Crippen LogP contribution < -0.4 is 22.1 Å². The Morgan fingerprint density at radius 2 is 1.05 bits per heavy atom. The first kappa shape index (κ1) is 34.1. The minimum Gasteiger partial charge on any atom is -0.445 e. The van der Waals surface area contributed by atoms with E-state index < -0.39 is 53.7 Å². The number of carbonyl (C=O) groups excluding carboxylic acids is 5. The van der Waals surface area contributed by atoms with E-state index in [-0.39, 0.29) is 37.9 Å². The molecule has 0 radical (unpaired) electrons. The first-order chi connectivity index (χ1) is 19.9. The molecule has 2 aromatic rings. The number of rotatable bonds is 16. The average Bonchev–Trinajstić information content (AvgIpc) is 2.97. The van der Waals surface area contributed by atoms with E-state index in [9.17, 15) is 24.0 Å². The minimum atomic E-state index is -2.74. The maximum Gasteiger partial charge on any atom is 0.408 e. The van der Waals surface area contributed by atoms with Crippen molar-refractivity contribution in [1.29, 1.82) is 0 Å². The second-order valence-corrected chi connectivity index (χ2v) is 10.9. The van der Waals surface area contributed by atoms with Gasteiger partial charge in [-0.15, -0.1) is 0 Å². The van der Waals surface area contributed by atoms with Crippen molar-refractivity contribution < 1.29 is 33.4 Å². The van der Waals surface area contributed by atoms with Gasteiger partial charge >= 0.3 is 12.2 Å². The highest BCUT2D eigenvalue weighted by atomic mass is 16.6. The Kier molecular flexibility index (Phi) is 13.3. The van der Waals surface area contributed by atoms with Crippen molar-refractivity contribution in [1.82, 2.24) is 10.6 Å². The number of ketones is 3. The number of hydrogen-bond acceptors (Lipinski definition) is 9. The molecule has 0 aliphatic heterocycles. The number of nitrogens with one attached hydrogen (secondary N) is 2. The second-order valence-electron chi connectivity index (χ2n) is 10.9. The minimum absolute atomic E-state index is 0.0603. The van der Waals surface area contributed by atoms with Crippen LogP contribution in [0.25, 0.3) is 0 Å². The zero-order valence-corrected chi connectivity index (χ0v) is 24.6. The molecule has 0 fully saturated rings. The Hall–Kier alpha value is -4.09. The van der Waals surface area contributed by atoms with Crippen molar-refractivity contribution in [3.8, 4) is 0 Å². The number of ether oxygens (including phenoxy) is 2. The van der Waals surface area contributed by atoms with E-state index in [1.54, 1.807) is 76.2 Å². The molecule has 0 aliphatic carbocycles. The molecule has 0 heterocycles. The molecule has 0 aliphatic rings. The fourth-order valence-electron chi connectivity index (χ4n) is 4.33. The van der Waals surface area contributed by atoms with Gasteiger partial charge in [0.2, 0.25) is 0 Å². The molecular formula is C31H42N4O7. The van der Waals surface area contributed by atoms with Gasteiger partial charge in [0, 0.05) is 0 Å². The van der Waals surface area contributed by atoms with Gasteiger partial charge < -0.3 is 31.6 Å². The van der Waals surface area contributed by atoms with E-state index in [2.05, 4.69) is 10.6 Å². The highest BCUT2D eigenvalue weighted by Gasteiger charge is 2.53. The number of Topliss-reactive ketones (excluding diaryl/α,β-unsaturated/α-hetero) is 3. The number of amides is 2. The number of alkyl carbamates (subject to hydrolysis) is 2. The quantitative estimate of drug-likeness (QED) is 0.216. The zero-order chi connectivity index (χ0) is 31.3. The Balaban J connectivity index is 2.29. The van der Waals surface area contributed by atoms with Crippen molar-refractivity contribution in [2.24, 2.45) is 23.3 Å². The van der Waals surface area contributed by atoms with Crippen molar-refractivity contribution in [3.05, 3.63) is 71.8 Å². The molecule has 6 N–H and O–H groups in total. The molecule has 11 nitrogen and oxygen atoms in total. The molecule has 11 heteroatoms. The molecule has 0 aromatic heterocycles. The van der Waals surface area contributed by atoms with Gasteiger partial charge in [0.25, 0.3) is 0 Å². The van der Waals surface area contributed by atoms with E-state index in [0.717, 1.165) is 11.1 Å². The first-order valence-electron chi connectivity index (χ1n) is 13.9. The maximum absolute atomic E-state index is 13.9. The smallest absolute Gasteiger partial charge is 0.408 e. The third-order valence-corrected chi connectivity index (χ3v) is 6.46. The molecule has 2 amide bonds. The van der Waals surface area contributed by atoms with Crippen LogP contribution in [0.15, 0.2) is 60.7 Å². The van der Waals surface area contributed by atoms with Gasteiger partial charge in [-0.1, -0.05) is 88.4 Å². The summed E-state index contributed by atoms with van der Waals surface area (Å²) in [5, 5.41) is 4.94. The van der Waals surface area contributed by atoms with Crippen LogP contribution in [0.3, 0.4) is 0 Å². The largest absolute Gasteiger partial charge is 0.445 e. The van der Waals surface area contributed by atoms with Crippen LogP contribution in [0.2, 0.25) is 0 Å². The van der Waals surface area contributed by atoms with Crippen molar-refractivity contribution in [3.63, 3.8) is 0 Å². The van der Waals surface area contributed by atoms with Gasteiger partial charge in [0.05, 0.1) is 18.6 Å². The lowest BCUT2D eigenvalue weighted by Gasteiger charge is -2.33. The number of benzene rings is 2. The summed E-state index contributed by atoms with van der Waals surface area (Å²) in [7, 11) is 0. The van der Waals surface area contributed by atoms with Crippen LogP contribution in [-0.2, 0) is 37.1 Å². The van der Waals surface area contributed by atoms with E-state index in [1.165, 1.54) is 0 Å². The molecule has 0 bridgehead atoms. The van der Waals surface area contributed by atoms with E-state index in [1.807, 2.05) is 12.1 Å². The van der Waals surface area contributed by atoms with Crippen molar-refractivity contribution >= 4 is 29.5 Å². The average molecular weight is 583 g/mol. The fraction of sp³-hybridized carbons (Fsp3) is 0.452. The fourth-order valence-corrected chi connectivity index (χ4v) is 4.33. The Bertz CT molecular complexity index is 1120. The normalized spacial score (nSPS) is 12.8. The van der Waals surface area contributed by atoms with Crippen LogP contribution in [0.5, 0.6) is 0 Å². The molecule has 228 valence electrons. The Morgan fingerprint density at radius 3 is 1.36 bits per heavy atom.